The summed E-state index contributed by atoms with van der Waals surface area (Å²) in [7, 11) is 1.80. The first-order valence-corrected chi connectivity index (χ1v) is 7.24. The van der Waals surface area contributed by atoms with Gasteiger partial charge in [0.05, 0.1) is 6.61 Å². The Balaban J connectivity index is 2.31. The summed E-state index contributed by atoms with van der Waals surface area (Å²) in [6.07, 6.45) is 7.78. The minimum Gasteiger partial charge on any atom is -0.383 e. The van der Waals surface area contributed by atoms with E-state index < -0.39 is 0 Å². The average Bonchev–Trinajstić information content (AvgIpc) is 2.36. The number of rotatable bonds is 8. The third-order valence-corrected chi connectivity index (χ3v) is 3.96. The molecule has 3 heteroatoms. The van der Waals surface area contributed by atoms with Crippen molar-refractivity contribution in [3.63, 3.8) is 0 Å². The molecular weight excluding hydrogens is 212 g/mol. The van der Waals surface area contributed by atoms with Crippen LogP contribution in [-0.2, 0) is 4.74 Å². The van der Waals surface area contributed by atoms with Crippen molar-refractivity contribution in [2.45, 2.75) is 51.5 Å². The highest BCUT2D eigenvalue weighted by Crippen LogP contribution is 2.24. The van der Waals surface area contributed by atoms with E-state index in [1.807, 2.05) is 0 Å². The largest absolute Gasteiger partial charge is 0.383 e. The van der Waals surface area contributed by atoms with E-state index in [0.717, 1.165) is 25.5 Å². The van der Waals surface area contributed by atoms with Crippen LogP contribution in [0.5, 0.6) is 0 Å². The van der Waals surface area contributed by atoms with Gasteiger partial charge in [-0.25, -0.2) is 0 Å². The predicted molar refractivity (Wildman–Crippen MR) is 73.2 cm³/mol. The van der Waals surface area contributed by atoms with Crippen LogP contribution in [0.4, 0.5) is 0 Å². The van der Waals surface area contributed by atoms with Gasteiger partial charge in [0.25, 0.3) is 0 Å². The first-order chi connectivity index (χ1) is 8.31. The molecule has 1 unspecified atom stereocenters. The molecule has 0 aromatic heterocycles. The molecule has 0 spiro atoms. The van der Waals surface area contributed by atoms with E-state index in [1.165, 1.54) is 45.2 Å². The SMILES string of the molecule is CCCC1CCN(C(CCCN)COC)CC1. The van der Waals surface area contributed by atoms with Crippen LogP contribution < -0.4 is 5.73 Å². The maximum atomic E-state index is 5.60. The molecule has 102 valence electrons. The number of piperidine rings is 1. The van der Waals surface area contributed by atoms with E-state index in [0.29, 0.717) is 6.04 Å². The van der Waals surface area contributed by atoms with E-state index in [9.17, 15) is 0 Å². The fourth-order valence-electron chi connectivity index (χ4n) is 2.93. The normalized spacial score (nSPS) is 20.6. The average molecular weight is 242 g/mol. The minimum atomic E-state index is 0.589. The van der Waals surface area contributed by atoms with Gasteiger partial charge >= 0.3 is 0 Å². The molecule has 0 aromatic carbocycles. The van der Waals surface area contributed by atoms with Crippen molar-refractivity contribution in [2.24, 2.45) is 11.7 Å². The Bertz CT molecular complexity index is 179. The molecule has 0 aromatic rings. The van der Waals surface area contributed by atoms with Crippen molar-refractivity contribution in [3.05, 3.63) is 0 Å². The summed E-state index contributed by atoms with van der Waals surface area (Å²) in [6, 6.07) is 0.589. The van der Waals surface area contributed by atoms with Gasteiger partial charge in [-0.15, -0.1) is 0 Å². The third-order valence-electron chi connectivity index (χ3n) is 3.96. The van der Waals surface area contributed by atoms with Crippen molar-refractivity contribution in [3.8, 4) is 0 Å². The van der Waals surface area contributed by atoms with Gasteiger partial charge in [0.15, 0.2) is 0 Å². The number of methoxy groups -OCH3 is 1. The molecule has 3 nitrogen and oxygen atoms in total. The van der Waals surface area contributed by atoms with Crippen molar-refractivity contribution < 1.29 is 4.74 Å². The molecule has 1 aliphatic rings. The Morgan fingerprint density at radius 2 is 2.06 bits per heavy atom. The second-order valence-electron chi connectivity index (χ2n) is 5.31. The molecular formula is C14H30N2O. The number of hydrogen-bond acceptors (Lipinski definition) is 3. The Morgan fingerprint density at radius 3 is 2.59 bits per heavy atom. The number of ether oxygens (including phenoxy) is 1. The van der Waals surface area contributed by atoms with Crippen LogP contribution in [0, 0.1) is 5.92 Å². The Morgan fingerprint density at radius 1 is 1.35 bits per heavy atom. The maximum absolute atomic E-state index is 5.60. The van der Waals surface area contributed by atoms with Gasteiger partial charge in [-0.05, 0) is 51.2 Å². The highest BCUT2D eigenvalue weighted by molar-refractivity contribution is 4.78. The first-order valence-electron chi connectivity index (χ1n) is 7.24. The molecule has 1 fully saturated rings. The molecule has 1 saturated heterocycles. The molecule has 1 atom stereocenters. The van der Waals surface area contributed by atoms with Crippen molar-refractivity contribution >= 4 is 0 Å². The van der Waals surface area contributed by atoms with Crippen LogP contribution in [0.15, 0.2) is 0 Å². The first kappa shape index (κ1) is 14.9. The van der Waals surface area contributed by atoms with Gasteiger partial charge in [0.2, 0.25) is 0 Å². The van der Waals surface area contributed by atoms with Gasteiger partial charge < -0.3 is 10.5 Å². The zero-order valence-electron chi connectivity index (χ0n) is 11.7. The third kappa shape index (κ3) is 5.36. The molecule has 2 N–H and O–H groups in total. The minimum absolute atomic E-state index is 0.589. The Kier molecular flexibility index (Phi) is 7.82. The highest BCUT2D eigenvalue weighted by Gasteiger charge is 2.24. The number of nitrogens with two attached hydrogens (primary N) is 1. The van der Waals surface area contributed by atoms with E-state index in [2.05, 4.69) is 11.8 Å². The molecule has 0 radical (unpaired) electrons. The van der Waals surface area contributed by atoms with Gasteiger partial charge in [0.1, 0.15) is 0 Å². The van der Waals surface area contributed by atoms with Gasteiger partial charge in [-0.1, -0.05) is 19.8 Å². The zero-order chi connectivity index (χ0) is 12.5. The van der Waals surface area contributed by atoms with Crippen LogP contribution in [-0.4, -0.2) is 44.3 Å². The van der Waals surface area contributed by atoms with Crippen molar-refractivity contribution in [1.82, 2.24) is 4.90 Å². The molecule has 0 saturated carbocycles. The lowest BCUT2D eigenvalue weighted by atomic mass is 9.91. The second kappa shape index (κ2) is 8.90. The smallest absolute Gasteiger partial charge is 0.0618 e. The number of likely N-dealkylation sites (tertiary alicyclic amines) is 1. The molecule has 1 heterocycles. The molecule has 1 aliphatic heterocycles. The van der Waals surface area contributed by atoms with Crippen LogP contribution in [0.25, 0.3) is 0 Å². The highest BCUT2D eigenvalue weighted by atomic mass is 16.5. The Labute approximate surface area is 107 Å². The molecule has 0 bridgehead atoms. The summed E-state index contributed by atoms with van der Waals surface area (Å²) in [5.74, 6) is 0.967. The molecule has 0 amide bonds. The van der Waals surface area contributed by atoms with Gasteiger partial charge in [-0.3, -0.25) is 4.90 Å². The summed E-state index contributed by atoms with van der Waals surface area (Å²) in [5.41, 5.74) is 5.60. The van der Waals surface area contributed by atoms with E-state index in [-0.39, 0.29) is 0 Å². The lowest BCUT2D eigenvalue weighted by Crippen LogP contribution is -2.43. The lowest BCUT2D eigenvalue weighted by molar-refractivity contribution is 0.0584. The maximum Gasteiger partial charge on any atom is 0.0618 e. The summed E-state index contributed by atoms with van der Waals surface area (Å²) < 4.78 is 5.35. The van der Waals surface area contributed by atoms with Gasteiger partial charge in [-0.2, -0.15) is 0 Å². The predicted octanol–water partition coefficient (Wildman–Crippen LogP) is 2.25. The fraction of sp³-hybridized carbons (Fsp3) is 1.00. The lowest BCUT2D eigenvalue weighted by Gasteiger charge is -2.37. The van der Waals surface area contributed by atoms with Crippen LogP contribution in [0.3, 0.4) is 0 Å². The quantitative estimate of drug-likeness (QED) is 0.709. The van der Waals surface area contributed by atoms with Crippen LogP contribution >= 0.6 is 0 Å². The second-order valence-corrected chi connectivity index (χ2v) is 5.31. The monoisotopic (exact) mass is 242 g/mol. The molecule has 0 aliphatic carbocycles. The van der Waals surface area contributed by atoms with E-state index in [1.54, 1.807) is 7.11 Å². The number of hydrogen-bond donors (Lipinski definition) is 1. The van der Waals surface area contributed by atoms with Crippen molar-refractivity contribution in [1.29, 1.82) is 0 Å². The van der Waals surface area contributed by atoms with Gasteiger partial charge in [0, 0.05) is 13.2 Å². The summed E-state index contributed by atoms with van der Waals surface area (Å²) in [4.78, 5) is 2.62. The van der Waals surface area contributed by atoms with E-state index >= 15 is 0 Å². The van der Waals surface area contributed by atoms with Crippen LogP contribution in [0.1, 0.15) is 45.4 Å². The summed E-state index contributed by atoms with van der Waals surface area (Å²) >= 11 is 0. The van der Waals surface area contributed by atoms with Crippen LogP contribution in [0.2, 0.25) is 0 Å². The number of nitrogens with zero attached hydrogens (tertiary/aromatic N) is 1. The topological polar surface area (TPSA) is 38.5 Å². The summed E-state index contributed by atoms with van der Waals surface area (Å²) in [5, 5.41) is 0. The van der Waals surface area contributed by atoms with Crippen molar-refractivity contribution in [2.75, 3.05) is 33.4 Å². The molecule has 17 heavy (non-hydrogen) atoms. The summed E-state index contributed by atoms with van der Waals surface area (Å²) in [6.45, 7) is 6.46. The molecule has 1 rings (SSSR count). The fourth-order valence-corrected chi connectivity index (χ4v) is 2.93. The Hall–Kier alpha value is -0.120. The van der Waals surface area contributed by atoms with E-state index in [4.69, 9.17) is 10.5 Å². The standard InChI is InChI=1S/C14H30N2O/c1-3-5-13-7-10-16(11-8-13)14(12-17-2)6-4-9-15/h13-14H,3-12,15H2,1-2H3. The zero-order valence-corrected chi connectivity index (χ0v) is 11.7.